The molecule has 0 saturated carbocycles. The molecule has 5 nitrogen and oxygen atoms in total. The summed E-state index contributed by atoms with van der Waals surface area (Å²) in [4.78, 5) is 20.0. The lowest BCUT2D eigenvalue weighted by Gasteiger charge is -2.19. The number of hydrogen-bond acceptors (Lipinski definition) is 5. The first-order valence-electron chi connectivity index (χ1n) is 8.34. The summed E-state index contributed by atoms with van der Waals surface area (Å²) in [7, 11) is 0. The number of rotatable bonds is 5. The minimum atomic E-state index is -0.0556. The topological polar surface area (TPSA) is 54.5 Å². The van der Waals surface area contributed by atoms with Crippen LogP contribution >= 0.6 is 11.3 Å². The molecule has 24 heavy (non-hydrogen) atoms. The van der Waals surface area contributed by atoms with Gasteiger partial charge in [-0.1, -0.05) is 6.07 Å². The Labute approximate surface area is 145 Å². The molecule has 0 unspecified atom stereocenters. The molecular weight excluding hydrogens is 322 g/mol. The van der Waals surface area contributed by atoms with E-state index in [4.69, 9.17) is 4.74 Å². The zero-order valence-corrected chi connectivity index (χ0v) is 14.2. The maximum Gasteiger partial charge on any atom is 0.252 e. The van der Waals surface area contributed by atoms with Gasteiger partial charge in [0, 0.05) is 55.3 Å². The molecule has 0 spiro atoms. The highest BCUT2D eigenvalue weighted by molar-refractivity contribution is 7.09. The quantitative estimate of drug-likeness (QED) is 0.902. The maximum absolute atomic E-state index is 12.2. The molecule has 4 heterocycles. The SMILES string of the molecule is O=C(NC[C@@H]1CO[C@@H]2CN(Cc3cccs3)C[C@H]12)c1cccnc1. The lowest BCUT2D eigenvalue weighted by molar-refractivity contribution is 0.0904. The summed E-state index contributed by atoms with van der Waals surface area (Å²) in [6.45, 7) is 4.46. The van der Waals surface area contributed by atoms with Crippen molar-refractivity contribution in [1.29, 1.82) is 0 Å². The Balaban J connectivity index is 1.30. The van der Waals surface area contributed by atoms with Crippen molar-refractivity contribution in [3.05, 3.63) is 52.5 Å². The van der Waals surface area contributed by atoms with E-state index < -0.39 is 0 Å². The standard InChI is InChI=1S/C18H21N3O2S/c22-18(13-3-1-5-19-7-13)20-8-14-12-23-17-11-21(10-16(14)17)9-15-4-2-6-24-15/h1-7,14,16-17H,8-12H2,(H,20,22)/t14-,16-,17-/m1/s1. The average molecular weight is 343 g/mol. The Morgan fingerprint density at radius 3 is 3.12 bits per heavy atom. The minimum Gasteiger partial charge on any atom is -0.376 e. The van der Waals surface area contributed by atoms with Crippen molar-refractivity contribution in [2.75, 3.05) is 26.2 Å². The first-order valence-corrected chi connectivity index (χ1v) is 9.22. The summed E-state index contributed by atoms with van der Waals surface area (Å²) in [5.74, 6) is 0.850. The smallest absolute Gasteiger partial charge is 0.252 e. The highest BCUT2D eigenvalue weighted by Gasteiger charge is 2.43. The first kappa shape index (κ1) is 15.7. The maximum atomic E-state index is 12.2. The second kappa shape index (κ2) is 7.01. The van der Waals surface area contributed by atoms with Crippen LogP contribution in [-0.4, -0.2) is 48.1 Å². The van der Waals surface area contributed by atoms with Gasteiger partial charge in [-0.3, -0.25) is 14.7 Å². The zero-order valence-electron chi connectivity index (χ0n) is 13.4. The third kappa shape index (κ3) is 3.36. The summed E-state index contributed by atoms with van der Waals surface area (Å²) in [6.07, 6.45) is 3.58. The van der Waals surface area contributed by atoms with E-state index in [0.717, 1.165) is 26.2 Å². The molecule has 126 valence electrons. The van der Waals surface area contributed by atoms with Gasteiger partial charge in [-0.15, -0.1) is 11.3 Å². The number of fused-ring (bicyclic) bond motifs is 1. The Morgan fingerprint density at radius 2 is 2.33 bits per heavy atom. The van der Waals surface area contributed by atoms with Gasteiger partial charge in [0.05, 0.1) is 18.3 Å². The predicted molar refractivity (Wildman–Crippen MR) is 92.9 cm³/mol. The fourth-order valence-corrected chi connectivity index (χ4v) is 4.41. The molecule has 2 aliphatic heterocycles. The molecular formula is C18H21N3O2S. The van der Waals surface area contributed by atoms with E-state index in [2.05, 4.69) is 32.7 Å². The highest BCUT2D eigenvalue weighted by atomic mass is 32.1. The molecule has 0 aromatic carbocycles. The van der Waals surface area contributed by atoms with Gasteiger partial charge in [-0.2, -0.15) is 0 Å². The van der Waals surface area contributed by atoms with Gasteiger partial charge < -0.3 is 10.1 Å². The number of nitrogens with zero attached hydrogens (tertiary/aromatic N) is 2. The number of carbonyl (C=O) groups excluding carboxylic acids is 1. The fourth-order valence-electron chi connectivity index (χ4n) is 3.67. The van der Waals surface area contributed by atoms with Crippen molar-refractivity contribution in [2.24, 2.45) is 11.8 Å². The molecule has 4 rings (SSSR count). The summed E-state index contributed by atoms with van der Waals surface area (Å²) >= 11 is 1.81. The second-order valence-electron chi connectivity index (χ2n) is 6.52. The van der Waals surface area contributed by atoms with Crippen LogP contribution in [0.1, 0.15) is 15.2 Å². The molecule has 0 aliphatic carbocycles. The van der Waals surface area contributed by atoms with Crippen molar-refractivity contribution in [2.45, 2.75) is 12.6 Å². The van der Waals surface area contributed by atoms with E-state index in [1.54, 1.807) is 35.9 Å². The Bertz CT molecular complexity index is 677. The minimum absolute atomic E-state index is 0.0556. The molecule has 1 N–H and O–H groups in total. The van der Waals surface area contributed by atoms with Crippen LogP contribution < -0.4 is 5.32 Å². The van der Waals surface area contributed by atoms with Crippen LogP contribution in [0.2, 0.25) is 0 Å². The number of hydrogen-bond donors (Lipinski definition) is 1. The van der Waals surface area contributed by atoms with Crippen molar-refractivity contribution in [3.8, 4) is 0 Å². The third-order valence-corrected chi connectivity index (χ3v) is 5.78. The summed E-state index contributed by atoms with van der Waals surface area (Å²) in [5.41, 5.74) is 0.610. The van der Waals surface area contributed by atoms with E-state index in [9.17, 15) is 4.79 Å². The van der Waals surface area contributed by atoms with Crippen LogP contribution in [0.15, 0.2) is 42.0 Å². The van der Waals surface area contributed by atoms with Crippen LogP contribution in [0, 0.1) is 11.8 Å². The first-order chi connectivity index (χ1) is 11.8. The summed E-state index contributed by atoms with van der Waals surface area (Å²) in [5, 5.41) is 5.16. The van der Waals surface area contributed by atoms with Crippen molar-refractivity contribution >= 4 is 17.2 Å². The largest absolute Gasteiger partial charge is 0.376 e. The molecule has 6 heteroatoms. The summed E-state index contributed by atoms with van der Waals surface area (Å²) in [6, 6.07) is 7.85. The number of likely N-dealkylation sites (tertiary alicyclic amines) is 1. The Kier molecular flexibility index (Phi) is 4.60. The number of nitrogens with one attached hydrogen (secondary N) is 1. The van der Waals surface area contributed by atoms with Gasteiger partial charge in [0.15, 0.2) is 0 Å². The van der Waals surface area contributed by atoms with E-state index >= 15 is 0 Å². The molecule has 2 aliphatic rings. The van der Waals surface area contributed by atoms with Gasteiger partial charge >= 0.3 is 0 Å². The molecule has 0 radical (unpaired) electrons. The van der Waals surface area contributed by atoms with E-state index in [1.165, 1.54) is 4.88 Å². The molecule has 2 saturated heterocycles. The van der Waals surface area contributed by atoms with Crippen LogP contribution in [0.4, 0.5) is 0 Å². The van der Waals surface area contributed by atoms with Gasteiger partial charge in [0.2, 0.25) is 0 Å². The molecule has 2 aromatic heterocycles. The molecule has 1 amide bonds. The van der Waals surface area contributed by atoms with Gasteiger partial charge in [-0.05, 0) is 23.6 Å². The lowest BCUT2D eigenvalue weighted by Crippen LogP contribution is -2.34. The van der Waals surface area contributed by atoms with Crippen molar-refractivity contribution in [3.63, 3.8) is 0 Å². The van der Waals surface area contributed by atoms with Crippen LogP contribution in [0.3, 0.4) is 0 Å². The third-order valence-electron chi connectivity index (χ3n) is 4.92. The fraction of sp³-hybridized carbons (Fsp3) is 0.444. The number of ether oxygens (including phenoxy) is 1. The summed E-state index contributed by atoms with van der Waals surface area (Å²) < 4.78 is 5.98. The zero-order chi connectivity index (χ0) is 16.4. The van der Waals surface area contributed by atoms with E-state index in [1.807, 2.05) is 0 Å². The Hall–Kier alpha value is -1.76. The monoisotopic (exact) mass is 343 g/mol. The van der Waals surface area contributed by atoms with Gasteiger partial charge in [0.25, 0.3) is 5.91 Å². The number of aromatic nitrogens is 1. The normalized spacial score (nSPS) is 26.4. The highest BCUT2D eigenvalue weighted by Crippen LogP contribution is 2.34. The van der Waals surface area contributed by atoms with Crippen LogP contribution in [-0.2, 0) is 11.3 Å². The molecule has 0 bridgehead atoms. The number of amides is 1. The lowest BCUT2D eigenvalue weighted by atomic mass is 9.93. The number of carbonyl (C=O) groups is 1. The molecule has 3 atom stereocenters. The Morgan fingerprint density at radius 1 is 1.38 bits per heavy atom. The second-order valence-corrected chi connectivity index (χ2v) is 7.55. The van der Waals surface area contributed by atoms with Crippen LogP contribution in [0.25, 0.3) is 0 Å². The van der Waals surface area contributed by atoms with Crippen molar-refractivity contribution in [1.82, 2.24) is 15.2 Å². The molecule has 2 fully saturated rings. The molecule has 2 aromatic rings. The van der Waals surface area contributed by atoms with E-state index in [0.29, 0.717) is 30.0 Å². The average Bonchev–Trinajstić information content (AvgIpc) is 3.32. The van der Waals surface area contributed by atoms with Gasteiger partial charge in [-0.25, -0.2) is 0 Å². The van der Waals surface area contributed by atoms with E-state index in [-0.39, 0.29) is 5.91 Å². The number of thiophene rings is 1. The number of pyridine rings is 1. The van der Waals surface area contributed by atoms with Crippen LogP contribution in [0.5, 0.6) is 0 Å². The predicted octanol–water partition coefficient (Wildman–Crippen LogP) is 2.02. The van der Waals surface area contributed by atoms with Gasteiger partial charge in [0.1, 0.15) is 0 Å². The van der Waals surface area contributed by atoms with Crippen molar-refractivity contribution < 1.29 is 9.53 Å².